The number of fused-ring (bicyclic) bond motifs is 2. The number of alkyl halides is 2. The number of rotatable bonds is 4. The molecule has 0 atom stereocenters. The molecule has 0 spiro atoms. The maximum absolute atomic E-state index is 13.8. The number of carbonyl (C=O) groups excluding carboxylic acids is 1. The van der Waals surface area contributed by atoms with Crippen molar-refractivity contribution in [2.45, 2.75) is 31.7 Å². The minimum absolute atomic E-state index is 0.0512. The van der Waals surface area contributed by atoms with E-state index in [1.165, 1.54) is 24.4 Å². The number of pyridine rings is 1. The zero-order chi connectivity index (χ0) is 21.9. The van der Waals surface area contributed by atoms with Crippen LogP contribution in [0.25, 0.3) is 21.9 Å². The van der Waals surface area contributed by atoms with Gasteiger partial charge in [0.2, 0.25) is 0 Å². The summed E-state index contributed by atoms with van der Waals surface area (Å²) < 4.78 is 47.1. The molecule has 0 radical (unpaired) electrons. The molecule has 3 heterocycles. The predicted octanol–water partition coefficient (Wildman–Crippen LogP) is 3.99. The Morgan fingerprint density at radius 1 is 1.26 bits per heavy atom. The summed E-state index contributed by atoms with van der Waals surface area (Å²) in [5, 5.41) is 3.01. The van der Waals surface area contributed by atoms with Gasteiger partial charge in [-0.3, -0.25) is 9.59 Å². The number of aryl methyl sites for hydroxylation is 1. The monoisotopic (exact) mass is 428 g/mol. The van der Waals surface area contributed by atoms with Crippen molar-refractivity contribution >= 4 is 33.6 Å². The molecule has 4 aromatic rings. The van der Waals surface area contributed by atoms with E-state index in [0.29, 0.717) is 0 Å². The number of hydrogen-bond acceptors (Lipinski definition) is 5. The van der Waals surface area contributed by atoms with Crippen LogP contribution in [-0.2, 0) is 5.54 Å². The van der Waals surface area contributed by atoms with Crippen LogP contribution in [-0.4, -0.2) is 26.9 Å². The number of nitrogens with zero attached hydrogens (tertiary/aromatic N) is 3. The van der Waals surface area contributed by atoms with Gasteiger partial charge in [0.25, 0.3) is 17.9 Å². The van der Waals surface area contributed by atoms with Crippen LogP contribution in [0.4, 0.5) is 19.0 Å². The number of furan rings is 1. The van der Waals surface area contributed by atoms with E-state index in [1.807, 2.05) is 0 Å². The number of benzene rings is 1. The van der Waals surface area contributed by atoms with Crippen LogP contribution in [0.3, 0.4) is 0 Å². The van der Waals surface area contributed by atoms with E-state index in [-0.39, 0.29) is 51.9 Å². The third-order valence-corrected chi connectivity index (χ3v) is 5.52. The Kier molecular flexibility index (Phi) is 4.14. The molecule has 1 aliphatic carbocycles. The van der Waals surface area contributed by atoms with Crippen LogP contribution in [0.2, 0.25) is 0 Å². The summed E-state index contributed by atoms with van der Waals surface area (Å²) in [4.78, 5) is 33.8. The van der Waals surface area contributed by atoms with Gasteiger partial charge in [-0.1, -0.05) is 6.07 Å². The van der Waals surface area contributed by atoms with Gasteiger partial charge in [0.05, 0.1) is 21.9 Å². The summed E-state index contributed by atoms with van der Waals surface area (Å²) in [7, 11) is 0. The van der Waals surface area contributed by atoms with Crippen molar-refractivity contribution in [1.29, 1.82) is 0 Å². The summed E-state index contributed by atoms with van der Waals surface area (Å²) in [5.74, 6) is -0.904. The molecule has 1 amide bonds. The maximum atomic E-state index is 13.8. The first-order chi connectivity index (χ1) is 14.8. The van der Waals surface area contributed by atoms with Crippen molar-refractivity contribution in [3.63, 3.8) is 0 Å². The third-order valence-electron chi connectivity index (χ3n) is 5.52. The van der Waals surface area contributed by atoms with E-state index >= 15 is 0 Å². The van der Waals surface area contributed by atoms with Gasteiger partial charge in [-0.25, -0.2) is 23.1 Å². The lowest BCUT2D eigenvalue weighted by atomic mass is 10.1. The number of amides is 1. The highest BCUT2D eigenvalue weighted by atomic mass is 19.3. The van der Waals surface area contributed by atoms with Crippen LogP contribution in [0.15, 0.2) is 45.9 Å². The second-order valence-electron chi connectivity index (χ2n) is 7.52. The second kappa shape index (κ2) is 6.66. The first kappa shape index (κ1) is 19.3. The Hall–Kier alpha value is -3.69. The Morgan fingerprint density at radius 2 is 2.03 bits per heavy atom. The lowest BCUT2D eigenvalue weighted by Crippen LogP contribution is -2.35. The van der Waals surface area contributed by atoms with Crippen LogP contribution < -0.4 is 10.9 Å². The van der Waals surface area contributed by atoms with Crippen molar-refractivity contribution in [2.24, 2.45) is 0 Å². The zero-order valence-electron chi connectivity index (χ0n) is 16.2. The molecule has 0 aliphatic heterocycles. The normalized spacial score (nSPS) is 15.0. The van der Waals surface area contributed by atoms with Gasteiger partial charge >= 0.3 is 0 Å². The minimum atomic E-state index is -2.71. The number of halogens is 3. The quantitative estimate of drug-likeness (QED) is 0.531. The van der Waals surface area contributed by atoms with Crippen LogP contribution in [0.5, 0.6) is 0 Å². The van der Waals surface area contributed by atoms with Crippen molar-refractivity contribution < 1.29 is 22.4 Å². The lowest BCUT2D eigenvalue weighted by molar-refractivity contribution is 0.0654. The fraction of sp³-hybridized carbons (Fsp3) is 0.238. The largest absolute Gasteiger partial charge is 0.460 e. The molecular weight excluding hydrogens is 413 g/mol. The number of aromatic nitrogens is 3. The number of carbonyl (C=O) groups is 1. The van der Waals surface area contributed by atoms with Crippen LogP contribution >= 0.6 is 0 Å². The molecule has 5 rings (SSSR count). The predicted molar refractivity (Wildman–Crippen MR) is 106 cm³/mol. The highest BCUT2D eigenvalue weighted by molar-refractivity contribution is 6.13. The molecule has 7 nitrogen and oxygen atoms in total. The van der Waals surface area contributed by atoms with E-state index in [9.17, 15) is 22.8 Å². The number of hydrogen-bond donors (Lipinski definition) is 1. The lowest BCUT2D eigenvalue weighted by Gasteiger charge is -2.19. The van der Waals surface area contributed by atoms with Crippen molar-refractivity contribution in [3.05, 3.63) is 64.3 Å². The Labute approximate surface area is 172 Å². The number of para-hydroxylation sites is 1. The summed E-state index contributed by atoms with van der Waals surface area (Å²) in [6, 6.07) is 5.61. The van der Waals surface area contributed by atoms with Gasteiger partial charge in [-0.2, -0.15) is 0 Å². The van der Waals surface area contributed by atoms with E-state index in [2.05, 4.69) is 15.3 Å². The van der Waals surface area contributed by atoms with Gasteiger partial charge in [0.1, 0.15) is 29.0 Å². The molecule has 1 saturated carbocycles. The maximum Gasteiger partial charge on any atom is 0.261 e. The van der Waals surface area contributed by atoms with E-state index in [4.69, 9.17) is 4.42 Å². The van der Waals surface area contributed by atoms with Crippen molar-refractivity contribution in [2.75, 3.05) is 5.32 Å². The van der Waals surface area contributed by atoms with Gasteiger partial charge < -0.3 is 14.3 Å². The summed E-state index contributed by atoms with van der Waals surface area (Å²) >= 11 is 0. The molecule has 1 fully saturated rings. The number of anilines is 1. The smallest absolute Gasteiger partial charge is 0.261 e. The fourth-order valence-electron chi connectivity index (χ4n) is 3.73. The molecule has 1 aliphatic rings. The Bertz CT molecular complexity index is 1420. The molecule has 0 bridgehead atoms. The van der Waals surface area contributed by atoms with E-state index in [0.717, 1.165) is 16.9 Å². The summed E-state index contributed by atoms with van der Waals surface area (Å²) in [5.41, 5.74) is -1.79. The molecule has 0 saturated heterocycles. The molecule has 10 heteroatoms. The zero-order valence-corrected chi connectivity index (χ0v) is 16.2. The Morgan fingerprint density at radius 3 is 2.74 bits per heavy atom. The van der Waals surface area contributed by atoms with Gasteiger partial charge in [0.15, 0.2) is 5.82 Å². The van der Waals surface area contributed by atoms with Crippen LogP contribution in [0, 0.1) is 12.7 Å². The van der Waals surface area contributed by atoms with Gasteiger partial charge in [-0.15, -0.1) is 0 Å². The van der Waals surface area contributed by atoms with Crippen molar-refractivity contribution in [3.8, 4) is 0 Å². The first-order valence-corrected chi connectivity index (χ1v) is 9.47. The average Bonchev–Trinajstić information content (AvgIpc) is 3.45. The topological polar surface area (TPSA) is 90.0 Å². The summed E-state index contributed by atoms with van der Waals surface area (Å²) in [6.07, 6.45) is -0.186. The Balaban J connectivity index is 1.62. The molecular formula is C21H15F3N4O3. The standard InChI is InChI=1S/C21H15F3N4O3/c1-10-25-15-7-16(29)28(21(5-6-21)20(23)24)8-13(15)18(26-10)27-19(30)12-4-2-3-11-14(22)9-31-17(11)12/h2-4,7-9,20H,5-6H2,1H3,(H,25,26,27,30). The second-order valence-corrected chi connectivity index (χ2v) is 7.52. The summed E-state index contributed by atoms with van der Waals surface area (Å²) in [6.45, 7) is 1.57. The average molecular weight is 428 g/mol. The highest BCUT2D eigenvalue weighted by Gasteiger charge is 2.53. The molecule has 31 heavy (non-hydrogen) atoms. The molecule has 0 unspecified atom stereocenters. The molecule has 158 valence electrons. The molecule has 3 aromatic heterocycles. The van der Waals surface area contributed by atoms with E-state index < -0.39 is 29.2 Å². The molecule has 1 aromatic carbocycles. The molecule has 1 N–H and O–H groups in total. The number of nitrogens with one attached hydrogen (secondary N) is 1. The van der Waals surface area contributed by atoms with Gasteiger partial charge in [-0.05, 0) is 31.9 Å². The van der Waals surface area contributed by atoms with Gasteiger partial charge in [0, 0.05) is 12.3 Å². The first-order valence-electron chi connectivity index (χ1n) is 9.47. The SMILES string of the molecule is Cc1nc(NC(=O)c2cccc3c(F)coc23)c2cn(C3(C(F)F)CC3)c(=O)cc2n1. The van der Waals surface area contributed by atoms with E-state index in [1.54, 1.807) is 6.92 Å². The highest BCUT2D eigenvalue weighted by Crippen LogP contribution is 2.48. The third kappa shape index (κ3) is 2.97. The minimum Gasteiger partial charge on any atom is -0.460 e. The van der Waals surface area contributed by atoms with Crippen LogP contribution in [0.1, 0.15) is 29.0 Å². The fourth-order valence-corrected chi connectivity index (χ4v) is 3.73. The van der Waals surface area contributed by atoms with Crippen molar-refractivity contribution in [1.82, 2.24) is 14.5 Å².